The fraction of sp³-hybridized carbons (Fsp3) is 0.192. The molecule has 1 atom stereocenters. The van der Waals surface area contributed by atoms with Crippen LogP contribution in [-0.4, -0.2) is 42.8 Å². The lowest BCUT2D eigenvalue weighted by Crippen LogP contribution is -2.47. The normalized spacial score (nSPS) is 11.3. The van der Waals surface area contributed by atoms with Crippen molar-refractivity contribution in [2.24, 2.45) is 0 Å². The number of hydrogen-bond acceptors (Lipinski definition) is 3. The number of nitrogens with zero attached hydrogens (tertiary/aromatic N) is 1. The molecule has 0 aliphatic carbocycles. The van der Waals surface area contributed by atoms with Gasteiger partial charge in [0, 0.05) is 38.2 Å². The van der Waals surface area contributed by atoms with Gasteiger partial charge in [-0.1, -0.05) is 60.7 Å². The molecule has 0 fully saturated rings. The summed E-state index contributed by atoms with van der Waals surface area (Å²) >= 11 is 0. The van der Waals surface area contributed by atoms with Crippen LogP contribution in [-0.2, 0) is 17.8 Å². The van der Waals surface area contributed by atoms with Crippen molar-refractivity contribution >= 4 is 17.7 Å². The Kier molecular flexibility index (Phi) is 7.75. The summed E-state index contributed by atoms with van der Waals surface area (Å²) in [4.78, 5) is 39.2. The number of carbonyl (C=O) groups excluding carboxylic acids is 3. The second-order valence-corrected chi connectivity index (χ2v) is 7.70. The average molecular weight is 430 g/mol. The maximum absolute atomic E-state index is 13.0. The fourth-order valence-corrected chi connectivity index (χ4v) is 3.23. The Morgan fingerprint density at radius 3 is 1.94 bits per heavy atom. The average Bonchev–Trinajstić information content (AvgIpc) is 2.83. The van der Waals surface area contributed by atoms with E-state index in [-0.39, 0.29) is 17.7 Å². The van der Waals surface area contributed by atoms with Gasteiger partial charge in [-0.2, -0.15) is 0 Å². The molecule has 3 aromatic carbocycles. The van der Waals surface area contributed by atoms with E-state index in [1.807, 2.05) is 48.5 Å². The molecule has 0 saturated carbocycles. The number of nitrogens with one attached hydrogen (secondary N) is 2. The third kappa shape index (κ3) is 6.28. The summed E-state index contributed by atoms with van der Waals surface area (Å²) in [6.07, 6.45) is 0.377. The van der Waals surface area contributed by atoms with E-state index in [2.05, 4.69) is 10.6 Å². The highest BCUT2D eigenvalue weighted by atomic mass is 16.2. The Balaban J connectivity index is 1.67. The van der Waals surface area contributed by atoms with Gasteiger partial charge in [-0.25, -0.2) is 0 Å². The molecule has 2 N–H and O–H groups in total. The van der Waals surface area contributed by atoms with Crippen molar-refractivity contribution in [3.8, 4) is 0 Å². The van der Waals surface area contributed by atoms with E-state index >= 15 is 0 Å². The third-order valence-corrected chi connectivity index (χ3v) is 5.01. The first-order valence-corrected chi connectivity index (χ1v) is 10.4. The zero-order valence-corrected chi connectivity index (χ0v) is 18.2. The van der Waals surface area contributed by atoms with E-state index in [1.54, 1.807) is 50.5 Å². The van der Waals surface area contributed by atoms with E-state index in [9.17, 15) is 14.4 Å². The summed E-state index contributed by atoms with van der Waals surface area (Å²) in [6.45, 7) is 0.293. The van der Waals surface area contributed by atoms with Gasteiger partial charge >= 0.3 is 0 Å². The molecule has 0 radical (unpaired) electrons. The monoisotopic (exact) mass is 429 g/mol. The Morgan fingerprint density at radius 1 is 0.750 bits per heavy atom. The van der Waals surface area contributed by atoms with Crippen LogP contribution in [0.2, 0.25) is 0 Å². The van der Waals surface area contributed by atoms with Crippen molar-refractivity contribution in [2.45, 2.75) is 19.0 Å². The van der Waals surface area contributed by atoms with Crippen molar-refractivity contribution in [1.29, 1.82) is 0 Å². The van der Waals surface area contributed by atoms with Crippen molar-refractivity contribution in [3.63, 3.8) is 0 Å². The van der Waals surface area contributed by atoms with E-state index in [4.69, 9.17) is 0 Å². The molecule has 6 heteroatoms. The zero-order valence-electron chi connectivity index (χ0n) is 18.2. The number of benzene rings is 3. The largest absolute Gasteiger partial charge is 0.350 e. The Hall–Kier alpha value is -3.93. The van der Waals surface area contributed by atoms with Crippen LogP contribution >= 0.6 is 0 Å². The highest BCUT2D eigenvalue weighted by molar-refractivity contribution is 5.97. The van der Waals surface area contributed by atoms with Gasteiger partial charge in [0.1, 0.15) is 6.04 Å². The van der Waals surface area contributed by atoms with Crippen LogP contribution in [0.25, 0.3) is 0 Å². The van der Waals surface area contributed by atoms with Crippen LogP contribution in [0.3, 0.4) is 0 Å². The van der Waals surface area contributed by atoms with E-state index in [1.165, 1.54) is 4.90 Å². The number of amides is 3. The van der Waals surface area contributed by atoms with E-state index < -0.39 is 6.04 Å². The number of hydrogen-bond donors (Lipinski definition) is 2. The summed E-state index contributed by atoms with van der Waals surface area (Å²) in [5, 5.41) is 5.75. The number of rotatable bonds is 8. The summed E-state index contributed by atoms with van der Waals surface area (Å²) in [7, 11) is 3.40. The van der Waals surface area contributed by atoms with Crippen LogP contribution in [0.1, 0.15) is 31.8 Å². The second kappa shape index (κ2) is 10.9. The first-order chi connectivity index (χ1) is 15.4. The van der Waals surface area contributed by atoms with Crippen LogP contribution in [0.15, 0.2) is 84.9 Å². The van der Waals surface area contributed by atoms with Crippen molar-refractivity contribution < 1.29 is 14.4 Å². The highest BCUT2D eigenvalue weighted by Crippen LogP contribution is 2.08. The Bertz CT molecular complexity index is 1050. The molecule has 0 aliphatic rings. The fourth-order valence-electron chi connectivity index (χ4n) is 3.23. The minimum atomic E-state index is -0.723. The Labute approximate surface area is 188 Å². The topological polar surface area (TPSA) is 78.5 Å². The third-order valence-electron chi connectivity index (χ3n) is 5.01. The summed E-state index contributed by atoms with van der Waals surface area (Å²) < 4.78 is 0. The summed E-state index contributed by atoms with van der Waals surface area (Å²) in [5.74, 6) is -0.646. The predicted molar refractivity (Wildman–Crippen MR) is 124 cm³/mol. The first-order valence-electron chi connectivity index (χ1n) is 10.4. The molecule has 0 aliphatic heterocycles. The standard InChI is InChI=1S/C26H27N3O3/c1-29(2)26(32)22-15-13-20(14-16-22)18-27-25(31)23(17-19-9-5-3-6-10-19)28-24(30)21-11-7-4-8-12-21/h3-16,23H,17-18H2,1-2H3,(H,27,31)(H,28,30). The summed E-state index contributed by atoms with van der Waals surface area (Å²) in [5.41, 5.74) is 2.90. The minimum Gasteiger partial charge on any atom is -0.350 e. The molecule has 3 amide bonds. The second-order valence-electron chi connectivity index (χ2n) is 7.70. The lowest BCUT2D eigenvalue weighted by molar-refractivity contribution is -0.123. The van der Waals surface area contributed by atoms with Crippen molar-refractivity contribution in [3.05, 3.63) is 107 Å². The zero-order chi connectivity index (χ0) is 22.9. The van der Waals surface area contributed by atoms with Crippen molar-refractivity contribution in [2.75, 3.05) is 14.1 Å². The van der Waals surface area contributed by atoms with Gasteiger partial charge in [0.15, 0.2) is 0 Å². The van der Waals surface area contributed by atoms with Crippen LogP contribution < -0.4 is 10.6 Å². The lowest BCUT2D eigenvalue weighted by Gasteiger charge is -2.19. The molecule has 0 saturated heterocycles. The SMILES string of the molecule is CN(C)C(=O)c1ccc(CNC(=O)C(Cc2ccccc2)NC(=O)c2ccccc2)cc1. The molecule has 32 heavy (non-hydrogen) atoms. The first kappa shape index (κ1) is 22.7. The van der Waals surface area contributed by atoms with Gasteiger partial charge in [0.2, 0.25) is 5.91 Å². The quantitative estimate of drug-likeness (QED) is 0.578. The molecule has 1 unspecified atom stereocenters. The van der Waals surface area contributed by atoms with Gasteiger partial charge in [-0.15, -0.1) is 0 Å². The highest BCUT2D eigenvalue weighted by Gasteiger charge is 2.22. The molecular weight excluding hydrogens is 402 g/mol. The van der Waals surface area contributed by atoms with Gasteiger partial charge in [0.25, 0.3) is 11.8 Å². The van der Waals surface area contributed by atoms with E-state index in [0.29, 0.717) is 24.1 Å². The van der Waals surface area contributed by atoms with Crippen LogP contribution in [0, 0.1) is 0 Å². The molecule has 6 nitrogen and oxygen atoms in total. The summed E-state index contributed by atoms with van der Waals surface area (Å²) in [6, 6.07) is 24.8. The van der Waals surface area contributed by atoms with Crippen molar-refractivity contribution in [1.82, 2.24) is 15.5 Å². The predicted octanol–water partition coefficient (Wildman–Crippen LogP) is 3.05. The molecule has 0 heterocycles. The maximum atomic E-state index is 13.0. The Morgan fingerprint density at radius 2 is 1.34 bits per heavy atom. The maximum Gasteiger partial charge on any atom is 0.253 e. The number of carbonyl (C=O) groups is 3. The molecule has 3 rings (SSSR count). The minimum absolute atomic E-state index is 0.0767. The van der Waals surface area contributed by atoms with Gasteiger partial charge in [-0.05, 0) is 35.4 Å². The lowest BCUT2D eigenvalue weighted by atomic mass is 10.0. The molecule has 0 bridgehead atoms. The van der Waals surface area contributed by atoms with Gasteiger partial charge < -0.3 is 15.5 Å². The van der Waals surface area contributed by atoms with Crippen LogP contribution in [0.5, 0.6) is 0 Å². The molecule has 164 valence electrons. The van der Waals surface area contributed by atoms with Gasteiger partial charge in [-0.3, -0.25) is 14.4 Å². The smallest absolute Gasteiger partial charge is 0.253 e. The molecule has 0 spiro atoms. The molecule has 3 aromatic rings. The van der Waals surface area contributed by atoms with E-state index in [0.717, 1.165) is 11.1 Å². The molecular formula is C26H27N3O3. The molecule has 0 aromatic heterocycles. The van der Waals surface area contributed by atoms with Crippen LogP contribution in [0.4, 0.5) is 0 Å². The van der Waals surface area contributed by atoms with Gasteiger partial charge in [0.05, 0.1) is 0 Å².